The Morgan fingerprint density at radius 1 is 0.321 bits per heavy atom. The number of hydrogen-bond donors (Lipinski definition) is 0. The fraction of sp³-hybridized carbons (Fsp3) is 0.0189. The van der Waals surface area contributed by atoms with E-state index in [1.54, 1.807) is 12.4 Å². The highest BCUT2D eigenvalue weighted by atomic mass is 32.1. The average Bonchev–Trinajstić information content (AvgIpc) is 3.89. The lowest BCUT2D eigenvalue weighted by atomic mass is 9.70. The highest BCUT2D eigenvalue weighted by molar-refractivity contribution is 7.25. The summed E-state index contributed by atoms with van der Waals surface area (Å²) in [5, 5.41) is 7.30. The monoisotopic (exact) mass is 726 g/mol. The Balaban J connectivity index is 1.06. The molecule has 56 heavy (non-hydrogen) atoms. The maximum atomic E-state index is 4.82. The molecule has 1 spiro atoms. The third kappa shape index (κ3) is 3.90. The molecular weight excluding hydrogens is 697 g/mol. The first kappa shape index (κ1) is 30.4. The molecule has 0 amide bonds. The van der Waals surface area contributed by atoms with Gasteiger partial charge < -0.3 is 0 Å². The van der Waals surface area contributed by atoms with Gasteiger partial charge in [-0.3, -0.25) is 9.97 Å². The standard InChI is InChI=1S/C53H30N2S/c1-2-13-41-35(9-1)43-27-31(19-23-42(43)52-51(41)54-25-26-55-52)33-17-21-38-39-22-18-34(32-20-24-50-44(28-32)40-12-5-8-16-49(40)56-50)30-48(39)53(47(38)29-33)45-14-6-3-10-36(45)37-11-4-7-15-46(37)53/h1-30H. The second-order valence-electron chi connectivity index (χ2n) is 15.2. The van der Waals surface area contributed by atoms with Gasteiger partial charge in [0.25, 0.3) is 0 Å². The summed E-state index contributed by atoms with van der Waals surface area (Å²) in [7, 11) is 0. The summed E-state index contributed by atoms with van der Waals surface area (Å²) < 4.78 is 2.66. The molecule has 2 aliphatic rings. The van der Waals surface area contributed by atoms with E-state index in [0.717, 1.165) is 21.8 Å². The van der Waals surface area contributed by atoms with Gasteiger partial charge in [0.2, 0.25) is 0 Å². The van der Waals surface area contributed by atoms with Crippen LogP contribution in [0.4, 0.5) is 0 Å². The number of hydrogen-bond acceptors (Lipinski definition) is 3. The Kier molecular flexibility index (Phi) is 6.01. The van der Waals surface area contributed by atoms with Crippen molar-refractivity contribution >= 4 is 64.1 Å². The third-order valence-corrected chi connectivity index (χ3v) is 13.7. The first-order valence-electron chi connectivity index (χ1n) is 19.2. The Morgan fingerprint density at radius 3 is 1.46 bits per heavy atom. The second-order valence-corrected chi connectivity index (χ2v) is 16.3. The van der Waals surface area contributed by atoms with Crippen LogP contribution in [0.25, 0.3) is 97.3 Å². The van der Waals surface area contributed by atoms with E-state index in [0.29, 0.717) is 0 Å². The molecule has 0 fully saturated rings. The zero-order valence-corrected chi connectivity index (χ0v) is 30.9. The predicted octanol–water partition coefficient (Wildman–Crippen LogP) is 14.0. The predicted molar refractivity (Wildman–Crippen MR) is 235 cm³/mol. The SMILES string of the molecule is c1ccc2c(c1)-c1ccccc1C21c2cc(-c3ccc4sc5ccccc5c4c3)ccc2-c2ccc(-c3ccc4c(c3)c3ccccc3c3nccnc43)cc21. The van der Waals surface area contributed by atoms with Crippen molar-refractivity contribution in [3.8, 4) is 44.5 Å². The molecule has 2 nitrogen and oxygen atoms in total. The minimum Gasteiger partial charge on any atom is -0.252 e. The van der Waals surface area contributed by atoms with Gasteiger partial charge in [0.15, 0.2) is 0 Å². The maximum Gasteiger partial charge on any atom is 0.0971 e. The van der Waals surface area contributed by atoms with Crippen molar-refractivity contribution in [3.63, 3.8) is 0 Å². The molecule has 0 saturated heterocycles. The summed E-state index contributed by atoms with van der Waals surface area (Å²) in [5.41, 5.74) is 16.9. The van der Waals surface area contributed by atoms with Crippen LogP contribution in [0.5, 0.6) is 0 Å². The molecule has 11 aromatic rings. The van der Waals surface area contributed by atoms with E-state index in [2.05, 4.69) is 170 Å². The molecular formula is C53H30N2S. The normalized spacial score (nSPS) is 13.5. The van der Waals surface area contributed by atoms with Crippen molar-refractivity contribution in [2.24, 2.45) is 0 Å². The largest absolute Gasteiger partial charge is 0.252 e. The number of aromatic nitrogens is 2. The zero-order chi connectivity index (χ0) is 36.5. The molecule has 0 aliphatic heterocycles. The van der Waals surface area contributed by atoms with Gasteiger partial charge in [0.1, 0.15) is 0 Å². The van der Waals surface area contributed by atoms with Gasteiger partial charge >= 0.3 is 0 Å². The molecule has 258 valence electrons. The van der Waals surface area contributed by atoms with Crippen LogP contribution in [0, 0.1) is 0 Å². The number of fused-ring (bicyclic) bond motifs is 19. The van der Waals surface area contributed by atoms with Crippen LogP contribution in [0.3, 0.4) is 0 Å². The van der Waals surface area contributed by atoms with Crippen molar-refractivity contribution in [2.75, 3.05) is 0 Å². The van der Waals surface area contributed by atoms with Gasteiger partial charge in [-0.1, -0.05) is 133 Å². The molecule has 3 heteroatoms. The van der Waals surface area contributed by atoms with Crippen molar-refractivity contribution in [1.82, 2.24) is 9.97 Å². The highest BCUT2D eigenvalue weighted by Crippen LogP contribution is 2.63. The summed E-state index contributed by atoms with van der Waals surface area (Å²) in [6.07, 6.45) is 3.59. The smallest absolute Gasteiger partial charge is 0.0971 e. The molecule has 0 N–H and O–H groups in total. The van der Waals surface area contributed by atoms with Crippen LogP contribution in [0.1, 0.15) is 22.3 Å². The first-order valence-corrected chi connectivity index (χ1v) is 20.0. The summed E-state index contributed by atoms with van der Waals surface area (Å²) in [6.45, 7) is 0. The van der Waals surface area contributed by atoms with Crippen LogP contribution >= 0.6 is 11.3 Å². The topological polar surface area (TPSA) is 25.8 Å². The zero-order valence-electron chi connectivity index (χ0n) is 30.1. The lowest BCUT2D eigenvalue weighted by Gasteiger charge is -2.31. The van der Waals surface area contributed by atoms with E-state index >= 15 is 0 Å². The number of rotatable bonds is 2. The summed E-state index contributed by atoms with van der Waals surface area (Å²) in [4.78, 5) is 9.58. The quantitative estimate of drug-likeness (QED) is 0.166. The van der Waals surface area contributed by atoms with Crippen LogP contribution < -0.4 is 0 Å². The summed E-state index contributed by atoms with van der Waals surface area (Å²) >= 11 is 1.87. The fourth-order valence-corrected chi connectivity index (χ4v) is 11.3. The minimum absolute atomic E-state index is 0.460. The Bertz CT molecular complexity index is 3420. The Labute approximate surface area is 327 Å². The second kappa shape index (κ2) is 11.1. The molecule has 2 aliphatic carbocycles. The van der Waals surface area contributed by atoms with Gasteiger partial charge in [-0.25, -0.2) is 0 Å². The molecule has 0 atom stereocenters. The number of benzene rings is 9. The molecule has 2 heterocycles. The van der Waals surface area contributed by atoms with Gasteiger partial charge in [-0.2, -0.15) is 0 Å². The van der Waals surface area contributed by atoms with E-state index in [9.17, 15) is 0 Å². The molecule has 2 aromatic heterocycles. The van der Waals surface area contributed by atoms with Crippen LogP contribution in [-0.4, -0.2) is 9.97 Å². The van der Waals surface area contributed by atoms with Crippen molar-refractivity contribution in [1.29, 1.82) is 0 Å². The third-order valence-electron chi connectivity index (χ3n) is 12.6. The molecule has 0 radical (unpaired) electrons. The van der Waals surface area contributed by atoms with Gasteiger partial charge in [0.05, 0.1) is 16.4 Å². The van der Waals surface area contributed by atoms with Crippen molar-refractivity contribution < 1.29 is 0 Å². The highest BCUT2D eigenvalue weighted by Gasteiger charge is 2.51. The van der Waals surface area contributed by atoms with Crippen LogP contribution in [0.2, 0.25) is 0 Å². The van der Waals surface area contributed by atoms with E-state index < -0.39 is 5.41 Å². The van der Waals surface area contributed by atoms with Crippen molar-refractivity contribution in [3.05, 3.63) is 205 Å². The van der Waals surface area contributed by atoms with Crippen LogP contribution in [0.15, 0.2) is 182 Å². The van der Waals surface area contributed by atoms with E-state index in [1.807, 2.05) is 11.3 Å². The average molecular weight is 727 g/mol. The molecule has 9 aromatic carbocycles. The molecule has 0 unspecified atom stereocenters. The summed E-state index contributed by atoms with van der Waals surface area (Å²) in [5.74, 6) is 0. The van der Waals surface area contributed by atoms with Gasteiger partial charge in [0, 0.05) is 43.3 Å². The maximum absolute atomic E-state index is 4.82. The van der Waals surface area contributed by atoms with Crippen LogP contribution in [-0.2, 0) is 5.41 Å². The lowest BCUT2D eigenvalue weighted by Crippen LogP contribution is -2.26. The number of thiophene rings is 1. The minimum atomic E-state index is -0.460. The van der Waals surface area contributed by atoms with E-state index in [-0.39, 0.29) is 0 Å². The fourth-order valence-electron chi connectivity index (χ4n) is 10.2. The van der Waals surface area contributed by atoms with Crippen molar-refractivity contribution in [2.45, 2.75) is 5.41 Å². The molecule has 13 rings (SSSR count). The van der Waals surface area contributed by atoms with Gasteiger partial charge in [-0.15, -0.1) is 11.3 Å². The first-order chi connectivity index (χ1) is 27.8. The number of nitrogens with zero attached hydrogens (tertiary/aromatic N) is 2. The lowest BCUT2D eigenvalue weighted by molar-refractivity contribution is 0.794. The molecule has 0 bridgehead atoms. The van der Waals surface area contributed by atoms with E-state index in [1.165, 1.54) is 97.7 Å². The Hall–Kier alpha value is -6.94. The summed E-state index contributed by atoms with van der Waals surface area (Å²) in [6, 6.07) is 63.8. The Morgan fingerprint density at radius 2 is 0.786 bits per heavy atom. The van der Waals surface area contributed by atoms with E-state index in [4.69, 9.17) is 9.97 Å². The molecule has 0 saturated carbocycles. The van der Waals surface area contributed by atoms with Gasteiger partial charge in [-0.05, 0) is 114 Å².